The fourth-order valence-electron chi connectivity index (χ4n) is 2.09. The Morgan fingerprint density at radius 3 is 2.60 bits per heavy atom. The summed E-state index contributed by atoms with van der Waals surface area (Å²) >= 11 is 0. The van der Waals surface area contributed by atoms with Gasteiger partial charge in [-0.25, -0.2) is 4.79 Å². The molecule has 0 fully saturated rings. The summed E-state index contributed by atoms with van der Waals surface area (Å²) in [5.74, 6) is -2.06. The number of amides is 1. The van der Waals surface area contributed by atoms with Crippen LogP contribution in [0.15, 0.2) is 53.1 Å². The minimum atomic E-state index is -1.27. The molecule has 0 saturated carbocycles. The van der Waals surface area contributed by atoms with Crippen molar-refractivity contribution in [1.82, 2.24) is 10.1 Å². The number of carbonyl (C=O) groups excluding carboxylic acids is 1. The van der Waals surface area contributed by atoms with Crippen molar-refractivity contribution in [1.29, 1.82) is 5.26 Å². The first-order valence-corrected chi connectivity index (χ1v) is 7.06. The number of carboxylic acids is 1. The van der Waals surface area contributed by atoms with Gasteiger partial charge < -0.3 is 14.9 Å². The second kappa shape index (κ2) is 6.64. The van der Waals surface area contributed by atoms with Gasteiger partial charge in [0.1, 0.15) is 0 Å². The van der Waals surface area contributed by atoms with Gasteiger partial charge in [-0.15, -0.1) is 0 Å². The maximum Gasteiger partial charge on any atom is 0.337 e. The minimum Gasteiger partial charge on any atom is -0.478 e. The highest BCUT2D eigenvalue weighted by Gasteiger charge is 2.19. The van der Waals surface area contributed by atoms with Gasteiger partial charge in [0, 0.05) is 5.56 Å². The number of carbonyl (C=O) groups is 2. The van der Waals surface area contributed by atoms with E-state index in [1.807, 2.05) is 12.1 Å². The Balaban J connectivity index is 1.85. The molecule has 0 spiro atoms. The predicted octanol–water partition coefficient (Wildman–Crippen LogP) is 2.56. The summed E-state index contributed by atoms with van der Waals surface area (Å²) in [6, 6.07) is 14.6. The predicted molar refractivity (Wildman–Crippen MR) is 85.8 cm³/mol. The second-order valence-electron chi connectivity index (χ2n) is 4.92. The zero-order valence-corrected chi connectivity index (χ0v) is 12.6. The van der Waals surface area contributed by atoms with Crippen LogP contribution in [-0.4, -0.2) is 27.1 Å². The third-order valence-corrected chi connectivity index (χ3v) is 3.28. The third-order valence-electron chi connectivity index (χ3n) is 3.28. The zero-order chi connectivity index (χ0) is 17.8. The van der Waals surface area contributed by atoms with Crippen molar-refractivity contribution < 1.29 is 19.2 Å². The lowest BCUT2D eigenvalue weighted by molar-refractivity contribution is 0.0698. The van der Waals surface area contributed by atoms with Crippen molar-refractivity contribution in [2.75, 3.05) is 5.32 Å². The summed E-state index contributed by atoms with van der Waals surface area (Å²) in [5, 5.41) is 24.1. The van der Waals surface area contributed by atoms with Gasteiger partial charge in [-0.05, 0) is 30.3 Å². The van der Waals surface area contributed by atoms with E-state index in [0.717, 1.165) is 0 Å². The Morgan fingerprint density at radius 2 is 1.92 bits per heavy atom. The molecule has 2 N–H and O–H groups in total. The quantitative estimate of drug-likeness (QED) is 0.750. The van der Waals surface area contributed by atoms with E-state index in [2.05, 4.69) is 15.5 Å². The van der Waals surface area contributed by atoms with E-state index in [1.54, 1.807) is 24.3 Å². The van der Waals surface area contributed by atoms with Gasteiger partial charge in [0.05, 0.1) is 22.9 Å². The van der Waals surface area contributed by atoms with Gasteiger partial charge in [-0.1, -0.05) is 23.4 Å². The van der Waals surface area contributed by atoms with Gasteiger partial charge in [0.25, 0.3) is 17.6 Å². The van der Waals surface area contributed by atoms with Crippen LogP contribution < -0.4 is 5.32 Å². The highest BCUT2D eigenvalue weighted by atomic mass is 16.5. The number of nitrogens with zero attached hydrogens (tertiary/aromatic N) is 3. The van der Waals surface area contributed by atoms with Gasteiger partial charge in [-0.3, -0.25) is 4.79 Å². The second-order valence-corrected chi connectivity index (χ2v) is 4.92. The molecule has 0 unspecified atom stereocenters. The van der Waals surface area contributed by atoms with E-state index in [4.69, 9.17) is 9.78 Å². The Labute approximate surface area is 141 Å². The largest absolute Gasteiger partial charge is 0.478 e. The standard InChI is InChI=1S/C17H10N4O4/c18-9-10-6-7-13(12(8-10)17(23)24)19-15(22)14-20-16(25-21-14)11-4-2-1-3-5-11/h1-8H,(H,19,22)(H,23,24). The Bertz CT molecular complexity index is 989. The van der Waals surface area contributed by atoms with E-state index < -0.39 is 11.9 Å². The van der Waals surface area contributed by atoms with Crippen LogP contribution in [0.25, 0.3) is 11.5 Å². The van der Waals surface area contributed by atoms with Gasteiger partial charge in [0.15, 0.2) is 0 Å². The average molecular weight is 334 g/mol. The summed E-state index contributed by atoms with van der Waals surface area (Å²) in [6.07, 6.45) is 0. The summed E-state index contributed by atoms with van der Waals surface area (Å²) < 4.78 is 5.04. The molecule has 0 bridgehead atoms. The molecule has 122 valence electrons. The van der Waals surface area contributed by atoms with E-state index in [0.29, 0.717) is 5.56 Å². The molecule has 3 aromatic rings. The van der Waals surface area contributed by atoms with Crippen LogP contribution in [0.1, 0.15) is 26.5 Å². The lowest BCUT2D eigenvalue weighted by Crippen LogP contribution is -2.16. The Kier molecular flexibility index (Phi) is 4.22. The maximum absolute atomic E-state index is 12.2. The summed E-state index contributed by atoms with van der Waals surface area (Å²) in [4.78, 5) is 27.5. The molecule has 0 aliphatic heterocycles. The number of carboxylic acid groups (broad SMARTS) is 1. The summed E-state index contributed by atoms with van der Waals surface area (Å²) in [7, 11) is 0. The molecule has 0 aliphatic carbocycles. The molecular weight excluding hydrogens is 324 g/mol. The molecule has 0 radical (unpaired) electrons. The topological polar surface area (TPSA) is 129 Å². The number of benzene rings is 2. The number of hydrogen-bond donors (Lipinski definition) is 2. The third kappa shape index (κ3) is 3.35. The first kappa shape index (κ1) is 15.9. The number of aromatic nitrogens is 2. The smallest absolute Gasteiger partial charge is 0.337 e. The maximum atomic E-state index is 12.2. The number of anilines is 1. The number of nitrogens with one attached hydrogen (secondary N) is 1. The van der Waals surface area contributed by atoms with Crippen LogP contribution in [0.3, 0.4) is 0 Å². The molecule has 0 aliphatic rings. The number of hydrogen-bond acceptors (Lipinski definition) is 6. The van der Waals surface area contributed by atoms with Crippen LogP contribution in [0.2, 0.25) is 0 Å². The van der Waals surface area contributed by atoms with Crippen molar-refractivity contribution in [3.05, 3.63) is 65.5 Å². The van der Waals surface area contributed by atoms with Crippen LogP contribution in [0.4, 0.5) is 5.69 Å². The normalized spacial score (nSPS) is 10.0. The van der Waals surface area contributed by atoms with Crippen molar-refractivity contribution in [3.63, 3.8) is 0 Å². The summed E-state index contributed by atoms with van der Waals surface area (Å²) in [5.41, 5.74) is 0.640. The van der Waals surface area contributed by atoms with Gasteiger partial charge >= 0.3 is 5.97 Å². The molecule has 25 heavy (non-hydrogen) atoms. The fourth-order valence-corrected chi connectivity index (χ4v) is 2.09. The lowest BCUT2D eigenvalue weighted by atomic mass is 10.1. The van der Waals surface area contributed by atoms with Crippen LogP contribution >= 0.6 is 0 Å². The van der Waals surface area contributed by atoms with E-state index >= 15 is 0 Å². The van der Waals surface area contributed by atoms with E-state index in [-0.39, 0.29) is 28.5 Å². The Morgan fingerprint density at radius 1 is 1.16 bits per heavy atom. The van der Waals surface area contributed by atoms with Gasteiger partial charge in [0.2, 0.25) is 0 Å². The lowest BCUT2D eigenvalue weighted by Gasteiger charge is -2.06. The Hall–Kier alpha value is -3.99. The van der Waals surface area contributed by atoms with E-state index in [9.17, 15) is 14.7 Å². The number of rotatable bonds is 4. The minimum absolute atomic E-state index is 0.0301. The SMILES string of the molecule is N#Cc1ccc(NC(=O)c2noc(-c3ccccc3)n2)c(C(=O)O)c1. The van der Waals surface area contributed by atoms with Crippen molar-refractivity contribution in [2.24, 2.45) is 0 Å². The highest BCUT2D eigenvalue weighted by molar-refractivity contribution is 6.06. The van der Waals surface area contributed by atoms with Crippen LogP contribution in [0, 0.1) is 11.3 Å². The average Bonchev–Trinajstić information content (AvgIpc) is 3.13. The molecule has 1 aromatic heterocycles. The highest BCUT2D eigenvalue weighted by Crippen LogP contribution is 2.20. The molecule has 3 rings (SSSR count). The molecule has 2 aromatic carbocycles. The first-order valence-electron chi connectivity index (χ1n) is 7.06. The molecule has 8 heteroatoms. The van der Waals surface area contributed by atoms with Gasteiger partial charge in [-0.2, -0.15) is 10.2 Å². The molecular formula is C17H10N4O4. The summed E-state index contributed by atoms with van der Waals surface area (Å²) in [6.45, 7) is 0. The fraction of sp³-hybridized carbons (Fsp3) is 0. The van der Waals surface area contributed by atoms with Crippen molar-refractivity contribution in [3.8, 4) is 17.5 Å². The van der Waals surface area contributed by atoms with Crippen molar-refractivity contribution >= 4 is 17.6 Å². The molecule has 0 saturated heterocycles. The number of nitriles is 1. The zero-order valence-electron chi connectivity index (χ0n) is 12.6. The van der Waals surface area contributed by atoms with Crippen molar-refractivity contribution in [2.45, 2.75) is 0 Å². The molecule has 1 heterocycles. The van der Waals surface area contributed by atoms with Crippen LogP contribution in [0.5, 0.6) is 0 Å². The monoisotopic (exact) mass is 334 g/mol. The first-order chi connectivity index (χ1) is 12.1. The van der Waals surface area contributed by atoms with E-state index in [1.165, 1.54) is 18.2 Å². The molecule has 0 atom stereocenters. The van der Waals surface area contributed by atoms with Crippen LogP contribution in [-0.2, 0) is 0 Å². The molecule has 1 amide bonds. The molecule has 8 nitrogen and oxygen atoms in total. The number of aromatic carboxylic acids is 1.